The molecule has 0 aliphatic carbocycles. The number of hydrogen-bond donors (Lipinski definition) is 1. The van der Waals surface area contributed by atoms with Gasteiger partial charge in [-0.2, -0.15) is 13.2 Å². The van der Waals surface area contributed by atoms with Gasteiger partial charge >= 0.3 is 6.18 Å². The van der Waals surface area contributed by atoms with Gasteiger partial charge in [0.25, 0.3) is 0 Å². The topological polar surface area (TPSA) is 55.6 Å². The molecule has 7 heteroatoms. The van der Waals surface area contributed by atoms with Crippen molar-refractivity contribution in [3.63, 3.8) is 0 Å². The van der Waals surface area contributed by atoms with E-state index in [1.54, 1.807) is 6.92 Å². The summed E-state index contributed by atoms with van der Waals surface area (Å²) in [6, 6.07) is -0.885. The Hall–Kier alpha value is -0.820. The highest BCUT2D eigenvalue weighted by molar-refractivity contribution is 5.81. The quantitative estimate of drug-likeness (QED) is 0.664. The number of nitrogens with two attached hydrogens (primary N) is 1. The van der Waals surface area contributed by atoms with E-state index in [1.165, 1.54) is 0 Å². The minimum atomic E-state index is -4.42. The first-order valence-corrected chi connectivity index (χ1v) is 6.86. The van der Waals surface area contributed by atoms with Gasteiger partial charge in [0, 0.05) is 19.8 Å². The maximum atomic E-state index is 12.5. The van der Waals surface area contributed by atoms with Crippen LogP contribution in [0.25, 0.3) is 0 Å². The second-order valence-electron chi connectivity index (χ2n) is 5.16. The molecule has 0 aliphatic rings. The first-order valence-electron chi connectivity index (χ1n) is 6.86. The molecule has 4 nitrogen and oxygen atoms in total. The van der Waals surface area contributed by atoms with Gasteiger partial charge in [0.2, 0.25) is 5.91 Å². The van der Waals surface area contributed by atoms with Crippen LogP contribution in [0.2, 0.25) is 0 Å². The number of rotatable bonds is 9. The van der Waals surface area contributed by atoms with Crippen LogP contribution >= 0.6 is 0 Å². The molecule has 0 bridgehead atoms. The summed E-state index contributed by atoms with van der Waals surface area (Å²) in [7, 11) is 0. The van der Waals surface area contributed by atoms with Crippen molar-refractivity contribution in [1.82, 2.24) is 4.90 Å². The van der Waals surface area contributed by atoms with E-state index >= 15 is 0 Å². The summed E-state index contributed by atoms with van der Waals surface area (Å²) in [5.41, 5.74) is 5.68. The fourth-order valence-corrected chi connectivity index (χ4v) is 1.83. The number of nitrogens with zero attached hydrogens (tertiary/aromatic N) is 1. The zero-order valence-corrected chi connectivity index (χ0v) is 12.4. The maximum Gasteiger partial charge on any atom is 0.406 e. The second-order valence-corrected chi connectivity index (χ2v) is 5.16. The summed E-state index contributed by atoms with van der Waals surface area (Å²) >= 11 is 0. The highest BCUT2D eigenvalue weighted by Gasteiger charge is 2.34. The molecule has 0 spiro atoms. The molecular formula is C13H25F3N2O2. The fourth-order valence-electron chi connectivity index (χ4n) is 1.83. The smallest absolute Gasteiger partial charge is 0.382 e. The summed E-state index contributed by atoms with van der Waals surface area (Å²) in [5.74, 6) is -0.488. The lowest BCUT2D eigenvalue weighted by molar-refractivity contribution is -0.162. The lowest BCUT2D eigenvalue weighted by Gasteiger charge is -2.27. The molecule has 0 saturated carbocycles. The minimum absolute atomic E-state index is 0.00411. The van der Waals surface area contributed by atoms with Crippen molar-refractivity contribution in [3.8, 4) is 0 Å². The average molecular weight is 298 g/mol. The predicted octanol–water partition coefficient (Wildman–Crippen LogP) is 2.18. The molecular weight excluding hydrogens is 273 g/mol. The molecule has 2 N–H and O–H groups in total. The Bertz CT molecular complexity index is 283. The molecule has 1 unspecified atom stereocenters. The number of amides is 1. The van der Waals surface area contributed by atoms with Crippen molar-refractivity contribution in [2.75, 3.05) is 26.3 Å². The molecule has 0 fully saturated rings. The third kappa shape index (κ3) is 9.14. The van der Waals surface area contributed by atoms with Crippen LogP contribution in [0.3, 0.4) is 0 Å². The Morgan fingerprint density at radius 1 is 1.35 bits per heavy atom. The van der Waals surface area contributed by atoms with E-state index in [1.807, 2.05) is 13.8 Å². The van der Waals surface area contributed by atoms with E-state index in [-0.39, 0.29) is 12.5 Å². The van der Waals surface area contributed by atoms with Crippen molar-refractivity contribution in [3.05, 3.63) is 0 Å². The number of hydrogen-bond acceptors (Lipinski definition) is 3. The zero-order chi connectivity index (χ0) is 15.8. The molecule has 1 atom stereocenters. The van der Waals surface area contributed by atoms with Gasteiger partial charge < -0.3 is 15.4 Å². The molecule has 0 aromatic rings. The number of carbonyl (C=O) groups excluding carboxylic acids is 1. The van der Waals surface area contributed by atoms with Crippen LogP contribution in [-0.4, -0.2) is 49.3 Å². The third-order valence-electron chi connectivity index (χ3n) is 2.65. The monoisotopic (exact) mass is 298 g/mol. The number of alkyl halides is 3. The molecule has 0 rings (SSSR count). The minimum Gasteiger partial charge on any atom is -0.382 e. The lowest BCUT2D eigenvalue weighted by atomic mass is 10.0. The molecule has 0 aliphatic heterocycles. The van der Waals surface area contributed by atoms with E-state index in [0.29, 0.717) is 26.1 Å². The van der Waals surface area contributed by atoms with Crippen LogP contribution in [0.4, 0.5) is 13.2 Å². The van der Waals surface area contributed by atoms with Crippen molar-refractivity contribution in [1.29, 1.82) is 0 Å². The van der Waals surface area contributed by atoms with Crippen LogP contribution in [0.15, 0.2) is 0 Å². The Morgan fingerprint density at radius 2 is 1.95 bits per heavy atom. The standard InChI is InChI=1S/C13H25F3N2O2/c1-4-20-7-5-6-18(9-13(14,15)16)12(19)11(17)8-10(2)3/h10-11H,4-9,17H2,1-3H3. The first kappa shape index (κ1) is 19.2. The average Bonchev–Trinajstić information content (AvgIpc) is 2.29. The second kappa shape index (κ2) is 9.18. The van der Waals surface area contributed by atoms with Crippen molar-refractivity contribution >= 4 is 5.91 Å². The molecule has 0 heterocycles. The fraction of sp³-hybridized carbons (Fsp3) is 0.923. The lowest BCUT2D eigenvalue weighted by Crippen LogP contribution is -2.48. The van der Waals surface area contributed by atoms with Gasteiger partial charge in [0.15, 0.2) is 0 Å². The molecule has 20 heavy (non-hydrogen) atoms. The van der Waals surface area contributed by atoms with E-state index in [9.17, 15) is 18.0 Å². The zero-order valence-electron chi connectivity index (χ0n) is 12.4. The number of halogens is 3. The van der Waals surface area contributed by atoms with Crippen LogP contribution in [0.1, 0.15) is 33.6 Å². The van der Waals surface area contributed by atoms with Gasteiger partial charge in [0.05, 0.1) is 6.04 Å². The molecule has 120 valence electrons. The Kier molecular flexibility index (Phi) is 8.80. The number of carbonyl (C=O) groups is 1. The molecule has 0 aromatic carbocycles. The largest absolute Gasteiger partial charge is 0.406 e. The summed E-state index contributed by atoms with van der Waals surface area (Å²) in [4.78, 5) is 12.8. The molecule has 0 aromatic heterocycles. The number of ether oxygens (including phenoxy) is 1. The highest BCUT2D eigenvalue weighted by Crippen LogP contribution is 2.18. The molecule has 1 amide bonds. The Balaban J connectivity index is 4.53. The van der Waals surface area contributed by atoms with E-state index in [0.717, 1.165) is 4.90 Å². The summed E-state index contributed by atoms with van der Waals surface area (Å²) < 4.78 is 42.6. The molecule has 0 radical (unpaired) electrons. The van der Waals surface area contributed by atoms with Crippen molar-refractivity contribution in [2.24, 2.45) is 11.7 Å². The summed E-state index contributed by atoms with van der Waals surface area (Å²) in [6.45, 7) is 5.12. The Labute approximate surface area is 118 Å². The summed E-state index contributed by atoms with van der Waals surface area (Å²) in [5, 5.41) is 0. The normalized spacial score (nSPS) is 13.6. The van der Waals surface area contributed by atoms with Gasteiger partial charge in [-0.3, -0.25) is 4.79 Å². The van der Waals surface area contributed by atoms with Gasteiger partial charge in [0.1, 0.15) is 6.54 Å². The van der Waals surface area contributed by atoms with Gasteiger partial charge in [-0.05, 0) is 25.7 Å². The first-order chi connectivity index (χ1) is 9.17. The predicted molar refractivity (Wildman–Crippen MR) is 71.2 cm³/mol. The Morgan fingerprint density at radius 3 is 2.40 bits per heavy atom. The summed E-state index contributed by atoms with van der Waals surface area (Å²) in [6.07, 6.45) is -3.68. The third-order valence-corrected chi connectivity index (χ3v) is 2.65. The van der Waals surface area contributed by atoms with E-state index in [2.05, 4.69) is 0 Å². The van der Waals surface area contributed by atoms with Crippen molar-refractivity contribution in [2.45, 2.75) is 45.8 Å². The van der Waals surface area contributed by atoms with E-state index < -0.39 is 24.7 Å². The van der Waals surface area contributed by atoms with Crippen LogP contribution in [0.5, 0.6) is 0 Å². The molecule has 0 saturated heterocycles. The highest BCUT2D eigenvalue weighted by atomic mass is 19.4. The SMILES string of the molecule is CCOCCCN(CC(F)(F)F)C(=O)C(N)CC(C)C. The van der Waals surface area contributed by atoms with Crippen LogP contribution in [-0.2, 0) is 9.53 Å². The van der Waals surface area contributed by atoms with E-state index in [4.69, 9.17) is 10.5 Å². The van der Waals surface area contributed by atoms with Gasteiger partial charge in [-0.1, -0.05) is 13.8 Å². The van der Waals surface area contributed by atoms with Crippen molar-refractivity contribution < 1.29 is 22.7 Å². The van der Waals surface area contributed by atoms with Crippen LogP contribution < -0.4 is 5.73 Å². The van der Waals surface area contributed by atoms with Gasteiger partial charge in [-0.15, -0.1) is 0 Å². The van der Waals surface area contributed by atoms with Gasteiger partial charge in [-0.25, -0.2) is 0 Å². The maximum absolute atomic E-state index is 12.5. The van der Waals surface area contributed by atoms with Crippen LogP contribution in [0, 0.1) is 5.92 Å².